The van der Waals surface area contributed by atoms with Crippen molar-refractivity contribution in [3.05, 3.63) is 29.3 Å². The molecule has 0 aliphatic rings. The van der Waals surface area contributed by atoms with E-state index in [1.807, 2.05) is 0 Å². The van der Waals surface area contributed by atoms with Crippen molar-refractivity contribution in [3.63, 3.8) is 0 Å². The minimum Gasteiger partial charge on any atom is -0.413 e. The Bertz CT molecular complexity index is 478. The Morgan fingerprint density at radius 2 is 1.65 bits per heavy atom. The standard InChI is InChI=1S/C14H22F3NOSi/c1-13(2,3)20(4,5)19-9-10-6-11(14(15,16)17)8-12(18)7-10/h6-8H,9,18H2,1-5H3. The summed E-state index contributed by atoms with van der Waals surface area (Å²) in [5, 5.41) is 0.0141. The van der Waals surface area contributed by atoms with E-state index in [0.29, 0.717) is 5.56 Å². The van der Waals surface area contributed by atoms with E-state index < -0.39 is 20.1 Å². The quantitative estimate of drug-likeness (QED) is 0.642. The van der Waals surface area contributed by atoms with Crippen LogP contribution in [0.4, 0.5) is 18.9 Å². The maximum atomic E-state index is 12.7. The molecule has 0 saturated carbocycles. The molecule has 0 saturated heterocycles. The summed E-state index contributed by atoms with van der Waals surface area (Å²) in [5.41, 5.74) is 5.37. The summed E-state index contributed by atoms with van der Waals surface area (Å²) in [7, 11) is -1.99. The Morgan fingerprint density at radius 3 is 2.10 bits per heavy atom. The summed E-state index contributed by atoms with van der Waals surface area (Å²) in [5.74, 6) is 0. The molecule has 20 heavy (non-hydrogen) atoms. The Morgan fingerprint density at radius 1 is 1.10 bits per heavy atom. The Balaban J connectivity index is 2.92. The van der Waals surface area contributed by atoms with Crippen LogP contribution in [0.2, 0.25) is 18.1 Å². The molecule has 0 atom stereocenters. The van der Waals surface area contributed by atoms with Crippen LogP contribution in [0.25, 0.3) is 0 Å². The Labute approximate surface area is 119 Å². The number of hydrogen-bond acceptors (Lipinski definition) is 2. The maximum Gasteiger partial charge on any atom is 0.416 e. The van der Waals surface area contributed by atoms with Crippen LogP contribution in [0.15, 0.2) is 18.2 Å². The molecular formula is C14H22F3NOSi. The summed E-state index contributed by atoms with van der Waals surface area (Å²) in [6.07, 6.45) is -4.39. The van der Waals surface area contributed by atoms with Gasteiger partial charge in [0.05, 0.1) is 12.2 Å². The van der Waals surface area contributed by atoms with E-state index in [1.165, 1.54) is 6.07 Å². The molecule has 0 bridgehead atoms. The highest BCUT2D eigenvalue weighted by Crippen LogP contribution is 2.37. The molecule has 0 aliphatic carbocycles. The van der Waals surface area contributed by atoms with Crippen molar-refractivity contribution in [1.82, 2.24) is 0 Å². The third-order valence-electron chi connectivity index (χ3n) is 3.75. The highest BCUT2D eigenvalue weighted by atomic mass is 28.4. The SMILES string of the molecule is CC(C)(C)[Si](C)(C)OCc1cc(N)cc(C(F)(F)F)c1. The van der Waals surface area contributed by atoms with Crippen molar-refractivity contribution in [3.8, 4) is 0 Å². The van der Waals surface area contributed by atoms with Crippen LogP contribution in [-0.2, 0) is 17.2 Å². The largest absolute Gasteiger partial charge is 0.416 e. The molecule has 0 amide bonds. The predicted molar refractivity (Wildman–Crippen MR) is 77.8 cm³/mol. The van der Waals surface area contributed by atoms with Crippen molar-refractivity contribution in [2.75, 3.05) is 5.73 Å². The number of hydrogen-bond donors (Lipinski definition) is 1. The second-order valence-corrected chi connectivity index (χ2v) is 11.3. The van der Waals surface area contributed by atoms with E-state index in [1.54, 1.807) is 0 Å². The van der Waals surface area contributed by atoms with Crippen LogP contribution in [0.3, 0.4) is 0 Å². The van der Waals surface area contributed by atoms with Gasteiger partial charge in [-0.2, -0.15) is 13.2 Å². The first-order valence-corrected chi connectivity index (χ1v) is 9.34. The topological polar surface area (TPSA) is 35.2 Å². The van der Waals surface area contributed by atoms with E-state index in [9.17, 15) is 13.2 Å². The fourth-order valence-electron chi connectivity index (χ4n) is 1.45. The van der Waals surface area contributed by atoms with Gasteiger partial charge < -0.3 is 10.2 Å². The van der Waals surface area contributed by atoms with Gasteiger partial charge in [0, 0.05) is 5.69 Å². The first kappa shape index (κ1) is 17.0. The molecule has 1 aromatic carbocycles. The van der Waals surface area contributed by atoms with Gasteiger partial charge in [-0.3, -0.25) is 0 Å². The number of benzene rings is 1. The zero-order valence-electron chi connectivity index (χ0n) is 12.6. The van der Waals surface area contributed by atoms with Gasteiger partial charge in [-0.15, -0.1) is 0 Å². The second kappa shape index (κ2) is 5.41. The maximum absolute atomic E-state index is 12.7. The summed E-state index contributed by atoms with van der Waals surface area (Å²) in [6, 6.07) is 3.57. The molecule has 0 radical (unpaired) electrons. The highest BCUT2D eigenvalue weighted by Gasteiger charge is 2.37. The average molecular weight is 305 g/mol. The Hall–Kier alpha value is -1.01. The molecule has 1 rings (SSSR count). The third-order valence-corrected chi connectivity index (χ3v) is 8.23. The first-order chi connectivity index (χ1) is 8.83. The van der Waals surface area contributed by atoms with Gasteiger partial charge in [-0.05, 0) is 41.9 Å². The van der Waals surface area contributed by atoms with Crippen molar-refractivity contribution in [1.29, 1.82) is 0 Å². The van der Waals surface area contributed by atoms with E-state index >= 15 is 0 Å². The predicted octanol–water partition coefficient (Wildman–Crippen LogP) is 4.81. The molecule has 0 aliphatic heterocycles. The lowest BCUT2D eigenvalue weighted by atomic mass is 10.1. The minimum atomic E-state index is -4.39. The van der Waals surface area contributed by atoms with Crippen molar-refractivity contribution in [2.45, 2.75) is 51.7 Å². The molecule has 2 N–H and O–H groups in total. The lowest BCUT2D eigenvalue weighted by molar-refractivity contribution is -0.137. The summed E-state index contributed by atoms with van der Waals surface area (Å²) < 4.78 is 44.1. The number of anilines is 1. The van der Waals surface area contributed by atoms with Gasteiger partial charge >= 0.3 is 6.18 Å². The zero-order valence-corrected chi connectivity index (χ0v) is 13.6. The molecule has 114 valence electrons. The molecule has 2 nitrogen and oxygen atoms in total. The van der Waals surface area contributed by atoms with E-state index in [0.717, 1.165) is 12.1 Å². The van der Waals surface area contributed by atoms with E-state index in [2.05, 4.69) is 33.9 Å². The number of alkyl halides is 3. The van der Waals surface area contributed by atoms with Crippen LogP contribution < -0.4 is 5.73 Å². The van der Waals surface area contributed by atoms with Gasteiger partial charge in [0.25, 0.3) is 0 Å². The smallest absolute Gasteiger partial charge is 0.413 e. The number of nitrogen functional groups attached to an aromatic ring is 1. The van der Waals surface area contributed by atoms with Gasteiger partial charge in [0.15, 0.2) is 8.32 Å². The van der Waals surface area contributed by atoms with Gasteiger partial charge in [0.1, 0.15) is 0 Å². The summed E-state index contributed by atoms with van der Waals surface area (Å²) >= 11 is 0. The average Bonchev–Trinajstić information content (AvgIpc) is 2.23. The lowest BCUT2D eigenvalue weighted by Gasteiger charge is -2.36. The normalized spacial score (nSPS) is 13.6. The summed E-state index contributed by atoms with van der Waals surface area (Å²) in [4.78, 5) is 0. The van der Waals surface area contributed by atoms with Crippen LogP contribution in [0.1, 0.15) is 31.9 Å². The van der Waals surface area contributed by atoms with Crippen molar-refractivity contribution < 1.29 is 17.6 Å². The third kappa shape index (κ3) is 4.24. The van der Waals surface area contributed by atoms with Gasteiger partial charge in [0.2, 0.25) is 0 Å². The first-order valence-electron chi connectivity index (χ1n) is 6.43. The van der Waals surface area contributed by atoms with Crippen molar-refractivity contribution in [2.24, 2.45) is 0 Å². The Kier molecular flexibility index (Phi) is 4.61. The highest BCUT2D eigenvalue weighted by molar-refractivity contribution is 6.74. The summed E-state index contributed by atoms with van der Waals surface area (Å²) in [6.45, 7) is 10.5. The van der Waals surface area contributed by atoms with Crippen LogP contribution in [0, 0.1) is 0 Å². The van der Waals surface area contributed by atoms with Crippen molar-refractivity contribution >= 4 is 14.0 Å². The fraction of sp³-hybridized carbons (Fsp3) is 0.571. The molecule has 0 aromatic heterocycles. The van der Waals surface area contributed by atoms with E-state index in [4.69, 9.17) is 10.2 Å². The number of halogens is 3. The molecule has 0 heterocycles. The van der Waals surface area contributed by atoms with Gasteiger partial charge in [-0.1, -0.05) is 20.8 Å². The molecule has 0 fully saturated rings. The second-order valence-electron chi connectivity index (χ2n) is 6.51. The molecule has 1 aromatic rings. The zero-order chi connectivity index (χ0) is 15.8. The van der Waals surface area contributed by atoms with Crippen LogP contribution in [-0.4, -0.2) is 8.32 Å². The van der Waals surface area contributed by atoms with Crippen LogP contribution >= 0.6 is 0 Å². The molecule has 0 unspecified atom stereocenters. The van der Waals surface area contributed by atoms with Crippen LogP contribution in [0.5, 0.6) is 0 Å². The molecular weight excluding hydrogens is 283 g/mol. The minimum absolute atomic E-state index is 0.0141. The fourth-order valence-corrected chi connectivity index (χ4v) is 2.41. The molecule has 0 spiro atoms. The molecule has 6 heteroatoms. The van der Waals surface area contributed by atoms with E-state index in [-0.39, 0.29) is 17.3 Å². The monoisotopic (exact) mass is 305 g/mol. The van der Waals surface area contributed by atoms with Gasteiger partial charge in [-0.25, -0.2) is 0 Å². The number of nitrogens with two attached hydrogens (primary N) is 1. The number of rotatable bonds is 3. The lowest BCUT2D eigenvalue weighted by Crippen LogP contribution is -2.40.